The monoisotopic (exact) mass is 348 g/mol. The number of carbonyl (C=O) groups excluding carboxylic acids is 2. The van der Waals surface area contributed by atoms with E-state index in [1.165, 1.54) is 0 Å². The van der Waals surface area contributed by atoms with Crippen molar-refractivity contribution in [1.29, 1.82) is 0 Å². The number of nitrogens with one attached hydrogen (secondary N) is 2. The van der Waals surface area contributed by atoms with Gasteiger partial charge in [0.1, 0.15) is 11.6 Å². The third-order valence-electron chi connectivity index (χ3n) is 3.79. The SMILES string of the molecule is C[C@@H]1Cc2c(NC(=O)COc3ccc(Cl)cc3)nn(C)c2NC1=O. The first-order valence-corrected chi connectivity index (χ1v) is 7.87. The Morgan fingerprint density at radius 1 is 1.46 bits per heavy atom. The third-order valence-corrected chi connectivity index (χ3v) is 4.04. The van der Waals surface area contributed by atoms with Gasteiger partial charge in [0, 0.05) is 23.6 Å². The number of ether oxygens (including phenoxy) is 1. The number of halogens is 1. The summed E-state index contributed by atoms with van der Waals surface area (Å²) >= 11 is 5.80. The number of hydrogen-bond donors (Lipinski definition) is 2. The van der Waals surface area contributed by atoms with E-state index in [2.05, 4.69) is 15.7 Å². The maximum atomic E-state index is 12.1. The topological polar surface area (TPSA) is 85.2 Å². The maximum Gasteiger partial charge on any atom is 0.263 e. The number of amides is 2. The average Bonchev–Trinajstić information content (AvgIpc) is 2.83. The number of rotatable bonds is 4. The van der Waals surface area contributed by atoms with Crippen molar-refractivity contribution in [3.8, 4) is 5.75 Å². The number of carbonyl (C=O) groups is 2. The fourth-order valence-corrected chi connectivity index (χ4v) is 2.63. The van der Waals surface area contributed by atoms with Crippen LogP contribution in [0.3, 0.4) is 0 Å². The van der Waals surface area contributed by atoms with Crippen molar-refractivity contribution in [2.24, 2.45) is 13.0 Å². The molecule has 1 atom stereocenters. The Labute approximate surface area is 143 Å². The van der Waals surface area contributed by atoms with E-state index in [1.54, 1.807) is 36.0 Å². The molecular weight excluding hydrogens is 332 g/mol. The van der Waals surface area contributed by atoms with Crippen molar-refractivity contribution in [3.05, 3.63) is 34.9 Å². The molecule has 0 saturated carbocycles. The van der Waals surface area contributed by atoms with E-state index in [-0.39, 0.29) is 24.3 Å². The lowest BCUT2D eigenvalue weighted by Crippen LogP contribution is -2.29. The quantitative estimate of drug-likeness (QED) is 0.887. The molecule has 24 heavy (non-hydrogen) atoms. The van der Waals surface area contributed by atoms with E-state index in [4.69, 9.17) is 16.3 Å². The molecule has 2 aromatic rings. The van der Waals surface area contributed by atoms with Crippen molar-refractivity contribution < 1.29 is 14.3 Å². The van der Waals surface area contributed by atoms with Crippen molar-refractivity contribution in [3.63, 3.8) is 0 Å². The predicted molar refractivity (Wildman–Crippen MR) is 90.3 cm³/mol. The van der Waals surface area contributed by atoms with E-state index in [1.807, 2.05) is 6.92 Å². The zero-order valence-electron chi connectivity index (χ0n) is 13.3. The zero-order chi connectivity index (χ0) is 17.3. The first-order valence-electron chi connectivity index (χ1n) is 7.49. The van der Waals surface area contributed by atoms with E-state index >= 15 is 0 Å². The molecule has 0 spiro atoms. The van der Waals surface area contributed by atoms with Crippen LogP contribution in [0.25, 0.3) is 0 Å². The Bertz CT molecular complexity index is 785. The first kappa shape index (κ1) is 16.3. The van der Waals surface area contributed by atoms with Crippen LogP contribution in [0.1, 0.15) is 12.5 Å². The standard InChI is InChI=1S/C16H17ClN4O3/c1-9-7-12-14(20-21(2)15(12)19-16(9)23)18-13(22)8-24-11-5-3-10(17)4-6-11/h3-6,9H,7-8H2,1-2H3,(H,19,23)(H,18,20,22)/t9-/m1/s1. The molecule has 2 N–H and O–H groups in total. The molecule has 0 unspecified atom stereocenters. The van der Waals surface area contributed by atoms with Gasteiger partial charge >= 0.3 is 0 Å². The molecule has 0 fully saturated rings. The highest BCUT2D eigenvalue weighted by Crippen LogP contribution is 2.30. The van der Waals surface area contributed by atoms with Crippen molar-refractivity contribution in [1.82, 2.24) is 9.78 Å². The number of anilines is 2. The van der Waals surface area contributed by atoms with Gasteiger partial charge in [-0.2, -0.15) is 5.10 Å². The second-order valence-electron chi connectivity index (χ2n) is 5.68. The molecule has 7 nitrogen and oxygen atoms in total. The van der Waals surface area contributed by atoms with E-state index < -0.39 is 0 Å². The lowest BCUT2D eigenvalue weighted by molar-refractivity contribution is -0.119. The van der Waals surface area contributed by atoms with E-state index in [9.17, 15) is 9.59 Å². The van der Waals surface area contributed by atoms with Gasteiger partial charge in [0.25, 0.3) is 5.91 Å². The van der Waals surface area contributed by atoms with Gasteiger partial charge in [-0.3, -0.25) is 14.3 Å². The summed E-state index contributed by atoms with van der Waals surface area (Å²) in [5, 5.41) is 10.4. The number of fused-ring (bicyclic) bond motifs is 1. The van der Waals surface area contributed by atoms with Gasteiger partial charge < -0.3 is 15.4 Å². The van der Waals surface area contributed by atoms with E-state index in [0.717, 1.165) is 5.56 Å². The van der Waals surface area contributed by atoms with Crippen LogP contribution in [-0.4, -0.2) is 28.2 Å². The minimum Gasteiger partial charge on any atom is -0.484 e. The highest BCUT2D eigenvalue weighted by molar-refractivity contribution is 6.30. The molecule has 2 heterocycles. The summed E-state index contributed by atoms with van der Waals surface area (Å²) in [4.78, 5) is 23.8. The molecule has 0 saturated heterocycles. The normalized spacial score (nSPS) is 16.3. The molecule has 0 bridgehead atoms. The van der Waals surface area contributed by atoms with Crippen molar-refractivity contribution >= 4 is 35.1 Å². The van der Waals surface area contributed by atoms with Crippen LogP contribution in [0.5, 0.6) is 5.75 Å². The third kappa shape index (κ3) is 3.35. The second kappa shape index (κ2) is 6.52. The average molecular weight is 349 g/mol. The van der Waals surface area contributed by atoms with Crippen LogP contribution in [0.2, 0.25) is 5.02 Å². The van der Waals surface area contributed by atoms with Gasteiger partial charge in [-0.15, -0.1) is 0 Å². The summed E-state index contributed by atoms with van der Waals surface area (Å²) in [6.07, 6.45) is 0.530. The Hall–Kier alpha value is -2.54. The zero-order valence-corrected chi connectivity index (χ0v) is 14.1. The molecule has 1 aliphatic heterocycles. The van der Waals surface area contributed by atoms with Gasteiger partial charge in [0.15, 0.2) is 12.4 Å². The molecule has 126 valence electrons. The first-order chi connectivity index (χ1) is 11.4. The molecule has 1 aliphatic rings. The molecule has 0 radical (unpaired) electrons. The molecule has 1 aromatic heterocycles. The lowest BCUT2D eigenvalue weighted by atomic mass is 9.98. The number of nitrogens with zero attached hydrogens (tertiary/aromatic N) is 2. The summed E-state index contributed by atoms with van der Waals surface area (Å²) in [5.41, 5.74) is 0.824. The smallest absolute Gasteiger partial charge is 0.263 e. The van der Waals surface area contributed by atoms with Gasteiger partial charge in [-0.25, -0.2) is 0 Å². The Kier molecular flexibility index (Phi) is 4.44. The Morgan fingerprint density at radius 3 is 2.88 bits per heavy atom. The van der Waals surface area contributed by atoms with E-state index in [0.29, 0.717) is 28.8 Å². The second-order valence-corrected chi connectivity index (χ2v) is 6.12. The summed E-state index contributed by atoms with van der Waals surface area (Å²) in [6, 6.07) is 6.76. The van der Waals surface area contributed by atoms with Crippen molar-refractivity contribution in [2.45, 2.75) is 13.3 Å². The minimum atomic E-state index is -0.324. The summed E-state index contributed by atoms with van der Waals surface area (Å²) in [5.74, 6) is 1.09. The highest BCUT2D eigenvalue weighted by Gasteiger charge is 2.29. The Balaban J connectivity index is 1.66. The number of hydrogen-bond acceptors (Lipinski definition) is 4. The fraction of sp³-hybridized carbons (Fsp3) is 0.312. The highest BCUT2D eigenvalue weighted by atomic mass is 35.5. The van der Waals surface area contributed by atoms with Gasteiger partial charge in [0.05, 0.1) is 0 Å². The molecule has 0 aliphatic carbocycles. The molecule has 8 heteroatoms. The molecular formula is C16H17ClN4O3. The molecule has 2 amide bonds. The van der Waals surface area contributed by atoms with Crippen LogP contribution < -0.4 is 15.4 Å². The number of aromatic nitrogens is 2. The van der Waals surface area contributed by atoms with Crippen LogP contribution >= 0.6 is 11.6 Å². The lowest BCUT2D eigenvalue weighted by Gasteiger charge is -2.19. The summed E-state index contributed by atoms with van der Waals surface area (Å²) in [6.45, 7) is 1.69. The fourth-order valence-electron chi connectivity index (χ4n) is 2.50. The molecule has 3 rings (SSSR count). The number of aryl methyl sites for hydroxylation is 1. The van der Waals surface area contributed by atoms with Crippen LogP contribution in [0.4, 0.5) is 11.6 Å². The van der Waals surface area contributed by atoms with Gasteiger partial charge in [-0.05, 0) is 30.7 Å². The van der Waals surface area contributed by atoms with Gasteiger partial charge in [-0.1, -0.05) is 18.5 Å². The molecule has 1 aromatic carbocycles. The predicted octanol–water partition coefficient (Wildman–Crippen LogP) is 2.22. The Morgan fingerprint density at radius 2 is 2.17 bits per heavy atom. The van der Waals surface area contributed by atoms with Crippen LogP contribution in [0, 0.1) is 5.92 Å². The minimum absolute atomic E-state index is 0.0468. The van der Waals surface area contributed by atoms with Crippen LogP contribution in [0.15, 0.2) is 24.3 Å². The summed E-state index contributed by atoms with van der Waals surface area (Å²) < 4.78 is 6.96. The largest absolute Gasteiger partial charge is 0.484 e. The summed E-state index contributed by atoms with van der Waals surface area (Å²) in [7, 11) is 1.72. The van der Waals surface area contributed by atoms with Crippen molar-refractivity contribution in [2.75, 3.05) is 17.2 Å². The number of benzene rings is 1. The van der Waals surface area contributed by atoms with Gasteiger partial charge in [0.2, 0.25) is 5.91 Å². The van der Waals surface area contributed by atoms with Crippen LogP contribution in [-0.2, 0) is 23.1 Å². The maximum absolute atomic E-state index is 12.1.